The maximum absolute atomic E-state index is 12.7. The minimum atomic E-state index is -3.91. The lowest BCUT2D eigenvalue weighted by Crippen LogP contribution is -2.50. The lowest BCUT2D eigenvalue weighted by atomic mass is 9.87. The van der Waals surface area contributed by atoms with Crippen LogP contribution >= 0.6 is 8.17 Å². The third-order valence-corrected chi connectivity index (χ3v) is 6.33. The van der Waals surface area contributed by atoms with Crippen LogP contribution in [0.3, 0.4) is 0 Å². The fraction of sp³-hybridized carbons (Fsp3) is 0.800. The highest BCUT2D eigenvalue weighted by Gasteiger charge is 2.59. The molecule has 12 nitrogen and oxygen atoms in total. The number of esters is 2. The van der Waals surface area contributed by atoms with Crippen LogP contribution in [-0.4, -0.2) is 67.3 Å². The van der Waals surface area contributed by atoms with Crippen LogP contribution in [0.15, 0.2) is 0 Å². The van der Waals surface area contributed by atoms with E-state index in [0.29, 0.717) is 12.8 Å². The molecule has 3 N–H and O–H groups in total. The summed E-state index contributed by atoms with van der Waals surface area (Å²) in [7, 11) is -3.91. The molecule has 2 aliphatic rings. The van der Waals surface area contributed by atoms with Crippen molar-refractivity contribution in [2.24, 2.45) is 10.8 Å². The van der Waals surface area contributed by atoms with Crippen molar-refractivity contribution in [2.75, 3.05) is 26.6 Å². The molecule has 2 fully saturated rings. The van der Waals surface area contributed by atoms with Gasteiger partial charge in [-0.25, -0.2) is 0 Å². The molecule has 0 aromatic heterocycles. The van der Waals surface area contributed by atoms with Crippen molar-refractivity contribution in [2.45, 2.75) is 66.0 Å². The minimum Gasteiger partial charge on any atom is -0.463 e. The molecule has 2 saturated heterocycles. The van der Waals surface area contributed by atoms with E-state index in [4.69, 9.17) is 23.0 Å². The van der Waals surface area contributed by atoms with Gasteiger partial charge in [-0.15, -0.1) is 9.05 Å². The molecule has 0 radical (unpaired) electrons. The molecule has 0 saturated carbocycles. The van der Waals surface area contributed by atoms with E-state index in [9.17, 15) is 24.1 Å². The first kappa shape index (κ1) is 27.4. The van der Waals surface area contributed by atoms with Gasteiger partial charge in [-0.05, 0) is 27.2 Å². The molecule has 3 atom stereocenters. The maximum atomic E-state index is 12.7. The van der Waals surface area contributed by atoms with E-state index in [1.165, 1.54) is 0 Å². The van der Waals surface area contributed by atoms with Gasteiger partial charge in [0.2, 0.25) is 12.7 Å². The monoisotopic (exact) mass is 493 g/mol. The zero-order valence-corrected chi connectivity index (χ0v) is 20.6. The number of hydrogen-bond acceptors (Lipinski definition) is 10. The summed E-state index contributed by atoms with van der Waals surface area (Å²) in [5.74, 6) is -1.69. The summed E-state index contributed by atoms with van der Waals surface area (Å²) in [5, 5.41) is 5.28. The van der Waals surface area contributed by atoms with Crippen molar-refractivity contribution in [1.29, 1.82) is 0 Å². The van der Waals surface area contributed by atoms with Crippen molar-refractivity contribution in [1.82, 2.24) is 10.6 Å². The Morgan fingerprint density at radius 1 is 1.27 bits per heavy atom. The van der Waals surface area contributed by atoms with Crippen LogP contribution < -0.4 is 10.6 Å². The van der Waals surface area contributed by atoms with E-state index < -0.39 is 49.7 Å². The Labute approximate surface area is 193 Å². The van der Waals surface area contributed by atoms with Gasteiger partial charge in [0.15, 0.2) is 6.10 Å². The predicted octanol–water partition coefficient (Wildman–Crippen LogP) is 0.989. The quantitative estimate of drug-likeness (QED) is 0.240. The number of rotatable bonds is 9. The molecule has 0 aliphatic carbocycles. The number of carbonyl (C=O) groups excluding carboxylic acids is 4. The number of hydrogen-bond donors (Lipinski definition) is 3. The highest BCUT2D eigenvalue weighted by Crippen LogP contribution is 2.63. The molecule has 0 bridgehead atoms. The van der Waals surface area contributed by atoms with Crippen LogP contribution in [-0.2, 0) is 42.2 Å². The lowest BCUT2D eigenvalue weighted by Gasteiger charge is -2.36. The first-order valence-electron chi connectivity index (χ1n) is 10.7. The molecule has 2 unspecified atom stereocenters. The Hall–Kier alpha value is -1.85. The molecule has 0 aromatic rings. The molecule has 2 amide bonds. The fourth-order valence-electron chi connectivity index (χ4n) is 2.91. The molecule has 13 heteroatoms. The standard InChI is InChI=1S/C20H33N2O10P/c1-19(2,3)18(26)29-12-31-33(27)30-11-20(4,5)16(32-33)17(25)21-9-8-15(24)28-10-13-6-7-14(23)22-13/h13,16,27H,6-12H2,1-5H3,(H-,21,22,23,25)/p+1/t13?,16-,33?/m0/s1. The molecule has 2 rings (SSSR count). The van der Waals surface area contributed by atoms with Gasteiger partial charge in [-0.2, -0.15) is 9.42 Å². The Bertz CT molecular complexity index is 754. The van der Waals surface area contributed by atoms with Gasteiger partial charge in [0.25, 0.3) is 5.91 Å². The van der Waals surface area contributed by atoms with Crippen LogP contribution in [0.2, 0.25) is 0 Å². The zero-order chi connectivity index (χ0) is 24.9. The smallest absolute Gasteiger partial charge is 0.463 e. The minimum absolute atomic E-state index is 0.00752. The third kappa shape index (κ3) is 8.46. The molecule has 2 aliphatic heterocycles. The average molecular weight is 493 g/mol. The second-order valence-electron chi connectivity index (χ2n) is 9.67. The van der Waals surface area contributed by atoms with Crippen molar-refractivity contribution < 1.29 is 47.1 Å². The molecular formula is C20H34N2O10P+. The number of carbonyl (C=O) groups is 4. The first-order chi connectivity index (χ1) is 15.2. The molecule has 33 heavy (non-hydrogen) atoms. The van der Waals surface area contributed by atoms with E-state index in [0.717, 1.165) is 0 Å². The highest BCUT2D eigenvalue weighted by molar-refractivity contribution is 7.55. The van der Waals surface area contributed by atoms with Gasteiger partial charge in [-0.3, -0.25) is 19.2 Å². The summed E-state index contributed by atoms with van der Waals surface area (Å²) in [4.78, 5) is 58.0. The summed E-state index contributed by atoms with van der Waals surface area (Å²) in [6, 6.07) is -0.184. The topological polar surface area (TPSA) is 159 Å². The van der Waals surface area contributed by atoms with E-state index in [2.05, 4.69) is 10.6 Å². The van der Waals surface area contributed by atoms with Gasteiger partial charge in [-0.1, -0.05) is 13.8 Å². The summed E-state index contributed by atoms with van der Waals surface area (Å²) in [5.41, 5.74) is -1.56. The van der Waals surface area contributed by atoms with E-state index in [1.54, 1.807) is 34.6 Å². The second-order valence-corrected chi connectivity index (χ2v) is 11.3. The third-order valence-electron chi connectivity index (χ3n) is 4.96. The Balaban J connectivity index is 1.78. The van der Waals surface area contributed by atoms with Crippen LogP contribution in [0.1, 0.15) is 53.9 Å². The Morgan fingerprint density at radius 2 is 1.97 bits per heavy atom. The summed E-state index contributed by atoms with van der Waals surface area (Å²) >= 11 is 0. The highest BCUT2D eigenvalue weighted by atomic mass is 31.2. The summed E-state index contributed by atoms with van der Waals surface area (Å²) in [6.07, 6.45) is -0.179. The molecule has 0 aromatic carbocycles. The van der Waals surface area contributed by atoms with Crippen LogP contribution in [0.5, 0.6) is 0 Å². The SMILES string of the molecule is CC(C)(C)C(=O)OCO[P+]1(O)OCC(C)(C)[C@H](C(=O)NCCC(=O)OCC2CCC(=O)N2)O1. The average Bonchev–Trinajstić information content (AvgIpc) is 3.13. The summed E-state index contributed by atoms with van der Waals surface area (Å²) in [6.45, 7) is 7.86. The lowest BCUT2D eigenvalue weighted by molar-refractivity contribution is -0.165. The van der Waals surface area contributed by atoms with E-state index >= 15 is 0 Å². The van der Waals surface area contributed by atoms with E-state index in [1.807, 2.05) is 0 Å². The molecular weight excluding hydrogens is 459 g/mol. The zero-order valence-electron chi connectivity index (χ0n) is 19.7. The van der Waals surface area contributed by atoms with Crippen LogP contribution in [0.25, 0.3) is 0 Å². The number of nitrogens with one attached hydrogen (secondary N) is 2. The van der Waals surface area contributed by atoms with Crippen LogP contribution in [0, 0.1) is 10.8 Å². The van der Waals surface area contributed by atoms with Gasteiger partial charge >= 0.3 is 20.1 Å². The largest absolute Gasteiger partial charge is 0.576 e. The van der Waals surface area contributed by atoms with Gasteiger partial charge < -0.3 is 20.1 Å². The first-order valence-corrected chi connectivity index (χ1v) is 12.2. The maximum Gasteiger partial charge on any atom is 0.576 e. The Kier molecular flexibility index (Phi) is 9.17. The molecule has 188 valence electrons. The van der Waals surface area contributed by atoms with Crippen molar-refractivity contribution >= 4 is 31.9 Å². The van der Waals surface area contributed by atoms with E-state index in [-0.39, 0.29) is 38.1 Å². The van der Waals surface area contributed by atoms with Gasteiger partial charge in [0, 0.05) is 18.4 Å². The van der Waals surface area contributed by atoms with Crippen LogP contribution in [0.4, 0.5) is 0 Å². The van der Waals surface area contributed by atoms with Crippen molar-refractivity contribution in [3.8, 4) is 0 Å². The second kappa shape index (κ2) is 11.1. The number of ether oxygens (including phenoxy) is 2. The predicted molar refractivity (Wildman–Crippen MR) is 115 cm³/mol. The van der Waals surface area contributed by atoms with Gasteiger partial charge in [0.1, 0.15) is 13.2 Å². The molecule has 2 heterocycles. The summed E-state index contributed by atoms with van der Waals surface area (Å²) < 4.78 is 26.0. The number of amides is 2. The van der Waals surface area contributed by atoms with Crippen molar-refractivity contribution in [3.05, 3.63) is 0 Å². The normalized spacial score (nSPS) is 26.9. The van der Waals surface area contributed by atoms with Gasteiger partial charge in [0.05, 0.1) is 17.9 Å². The van der Waals surface area contributed by atoms with Crippen molar-refractivity contribution in [3.63, 3.8) is 0 Å². The Morgan fingerprint density at radius 3 is 2.58 bits per heavy atom. The fourth-order valence-corrected chi connectivity index (χ4v) is 4.44. The molecule has 0 spiro atoms.